The first kappa shape index (κ1) is 15.6. The van der Waals surface area contributed by atoms with Gasteiger partial charge in [0.25, 0.3) is 0 Å². The minimum Gasteiger partial charge on any atom is -0.379 e. The second-order valence-electron chi connectivity index (χ2n) is 6.92. The zero-order valence-corrected chi connectivity index (χ0v) is 14.1. The molecule has 1 amide bonds. The molecule has 1 saturated heterocycles. The molecule has 0 aromatic heterocycles. The van der Waals surface area contributed by atoms with Crippen molar-refractivity contribution in [3.63, 3.8) is 0 Å². The number of amides is 1. The Kier molecular flexibility index (Phi) is 4.02. The van der Waals surface area contributed by atoms with Crippen LogP contribution in [0.25, 0.3) is 10.8 Å². The van der Waals surface area contributed by atoms with Gasteiger partial charge in [0.1, 0.15) is 0 Å². The van der Waals surface area contributed by atoms with Gasteiger partial charge >= 0.3 is 0 Å². The average Bonchev–Trinajstić information content (AvgIpc) is 3.41. The lowest BCUT2D eigenvalue weighted by Crippen LogP contribution is -2.51. The largest absolute Gasteiger partial charge is 0.379 e. The molecule has 126 valence electrons. The second-order valence-corrected chi connectivity index (χ2v) is 6.92. The second kappa shape index (κ2) is 6.19. The van der Waals surface area contributed by atoms with Crippen LogP contribution in [0.3, 0.4) is 0 Å². The Morgan fingerprint density at radius 3 is 2.58 bits per heavy atom. The van der Waals surface area contributed by atoms with Crippen LogP contribution in [0.2, 0.25) is 0 Å². The van der Waals surface area contributed by atoms with Crippen LogP contribution in [0.15, 0.2) is 42.5 Å². The van der Waals surface area contributed by atoms with Crippen molar-refractivity contribution < 1.29 is 9.53 Å². The number of nitrogens with zero attached hydrogens (tertiary/aromatic N) is 1. The highest BCUT2D eigenvalue weighted by atomic mass is 16.5. The first-order valence-corrected chi connectivity index (χ1v) is 8.82. The molecule has 0 radical (unpaired) electrons. The highest BCUT2D eigenvalue weighted by Crippen LogP contribution is 2.48. The molecule has 1 unspecified atom stereocenters. The van der Waals surface area contributed by atoms with Crippen molar-refractivity contribution in [3.05, 3.63) is 48.0 Å². The van der Waals surface area contributed by atoms with E-state index in [-0.39, 0.29) is 17.5 Å². The summed E-state index contributed by atoms with van der Waals surface area (Å²) in [5, 5.41) is 5.83. The predicted octanol–water partition coefficient (Wildman–Crippen LogP) is 2.67. The zero-order valence-electron chi connectivity index (χ0n) is 14.1. The molecule has 4 heteroatoms. The van der Waals surface area contributed by atoms with Crippen LogP contribution >= 0.6 is 0 Å². The highest BCUT2D eigenvalue weighted by Gasteiger charge is 2.47. The van der Waals surface area contributed by atoms with Crippen LogP contribution in [0.4, 0.5) is 0 Å². The van der Waals surface area contributed by atoms with Crippen LogP contribution in [0, 0.1) is 0 Å². The van der Waals surface area contributed by atoms with Crippen molar-refractivity contribution in [1.29, 1.82) is 0 Å². The Bertz CT molecular complexity index is 743. The maximum atomic E-state index is 12.8. The van der Waals surface area contributed by atoms with Gasteiger partial charge in [-0.1, -0.05) is 42.5 Å². The van der Waals surface area contributed by atoms with E-state index in [0.29, 0.717) is 13.2 Å². The molecule has 4 rings (SSSR count). The number of rotatable bonds is 4. The summed E-state index contributed by atoms with van der Waals surface area (Å²) in [6, 6.07) is 14.7. The lowest BCUT2D eigenvalue weighted by molar-refractivity contribution is -0.128. The van der Waals surface area contributed by atoms with E-state index in [1.165, 1.54) is 16.3 Å². The van der Waals surface area contributed by atoms with E-state index in [1.807, 2.05) is 6.92 Å². The van der Waals surface area contributed by atoms with Crippen molar-refractivity contribution in [2.45, 2.75) is 31.3 Å². The van der Waals surface area contributed by atoms with Gasteiger partial charge < -0.3 is 10.1 Å². The molecule has 1 heterocycles. The highest BCUT2D eigenvalue weighted by molar-refractivity contribution is 5.89. The Morgan fingerprint density at radius 1 is 1.12 bits per heavy atom. The Balaban J connectivity index is 1.56. The molecule has 0 bridgehead atoms. The average molecular weight is 324 g/mol. The lowest BCUT2D eigenvalue weighted by atomic mass is 9.96. The van der Waals surface area contributed by atoms with Crippen molar-refractivity contribution >= 4 is 16.7 Å². The number of ether oxygens (including phenoxy) is 1. The first-order valence-electron chi connectivity index (χ1n) is 8.82. The van der Waals surface area contributed by atoms with Crippen molar-refractivity contribution in [2.24, 2.45) is 0 Å². The molecule has 1 aliphatic carbocycles. The summed E-state index contributed by atoms with van der Waals surface area (Å²) < 4.78 is 5.39. The van der Waals surface area contributed by atoms with Gasteiger partial charge in [-0.2, -0.15) is 0 Å². The normalized spacial score (nSPS) is 21.4. The number of hydrogen-bond donors (Lipinski definition) is 1. The fourth-order valence-electron chi connectivity index (χ4n) is 3.70. The van der Waals surface area contributed by atoms with Crippen LogP contribution in [-0.4, -0.2) is 43.2 Å². The summed E-state index contributed by atoms with van der Waals surface area (Å²) in [5.41, 5.74) is 1.07. The number of carbonyl (C=O) groups is 1. The van der Waals surface area contributed by atoms with Gasteiger partial charge in [0.2, 0.25) is 5.91 Å². The topological polar surface area (TPSA) is 41.6 Å². The lowest BCUT2D eigenvalue weighted by Gasteiger charge is -2.32. The molecular formula is C20H24N2O2. The molecular weight excluding hydrogens is 300 g/mol. The fourth-order valence-corrected chi connectivity index (χ4v) is 3.70. The maximum absolute atomic E-state index is 12.8. The first-order chi connectivity index (χ1) is 11.7. The molecule has 2 fully saturated rings. The van der Waals surface area contributed by atoms with E-state index in [0.717, 1.165) is 25.9 Å². The molecule has 1 saturated carbocycles. The number of morpholine rings is 1. The number of hydrogen-bond acceptors (Lipinski definition) is 3. The van der Waals surface area contributed by atoms with Gasteiger partial charge in [0.15, 0.2) is 0 Å². The molecule has 1 aliphatic heterocycles. The van der Waals surface area contributed by atoms with Gasteiger partial charge in [-0.05, 0) is 36.1 Å². The molecule has 2 aromatic carbocycles. The van der Waals surface area contributed by atoms with E-state index in [4.69, 9.17) is 4.74 Å². The van der Waals surface area contributed by atoms with Crippen LogP contribution in [0.1, 0.15) is 25.3 Å². The molecule has 2 aliphatic rings. The van der Waals surface area contributed by atoms with Crippen molar-refractivity contribution in [1.82, 2.24) is 10.2 Å². The summed E-state index contributed by atoms with van der Waals surface area (Å²) in [4.78, 5) is 15.0. The molecule has 2 aromatic rings. The monoisotopic (exact) mass is 324 g/mol. The van der Waals surface area contributed by atoms with Gasteiger partial charge in [-0.15, -0.1) is 0 Å². The molecule has 1 N–H and O–H groups in total. The predicted molar refractivity (Wildman–Crippen MR) is 94.9 cm³/mol. The number of fused-ring (bicyclic) bond motifs is 1. The summed E-state index contributed by atoms with van der Waals surface area (Å²) in [6.45, 7) is 5.09. The third-order valence-corrected chi connectivity index (χ3v) is 5.39. The minimum absolute atomic E-state index is 0.110. The molecule has 4 nitrogen and oxygen atoms in total. The van der Waals surface area contributed by atoms with E-state index >= 15 is 0 Å². The molecule has 1 atom stereocenters. The summed E-state index contributed by atoms with van der Waals surface area (Å²) in [7, 11) is 0. The molecule has 24 heavy (non-hydrogen) atoms. The Labute approximate surface area is 142 Å². The maximum Gasteiger partial charge on any atom is 0.237 e. The Hall–Kier alpha value is -1.91. The minimum atomic E-state index is -0.182. The van der Waals surface area contributed by atoms with Crippen molar-refractivity contribution in [2.75, 3.05) is 26.3 Å². The summed E-state index contributed by atoms with van der Waals surface area (Å²) in [6.07, 6.45) is 2.03. The standard InChI is InChI=1S/C20H24N2O2/c1-15(22-11-13-24-14-12-22)19(23)21-20(9-10-20)18-8-4-6-16-5-2-3-7-17(16)18/h2-8,15H,9-14H2,1H3,(H,21,23). The van der Waals surface area contributed by atoms with Crippen molar-refractivity contribution in [3.8, 4) is 0 Å². The van der Waals surface area contributed by atoms with Gasteiger partial charge in [-0.3, -0.25) is 9.69 Å². The van der Waals surface area contributed by atoms with E-state index in [1.54, 1.807) is 0 Å². The zero-order chi connectivity index (χ0) is 16.6. The third-order valence-electron chi connectivity index (χ3n) is 5.39. The molecule has 0 spiro atoms. The van der Waals surface area contributed by atoms with Crippen LogP contribution in [-0.2, 0) is 15.1 Å². The van der Waals surface area contributed by atoms with E-state index < -0.39 is 0 Å². The van der Waals surface area contributed by atoms with E-state index in [9.17, 15) is 4.79 Å². The SMILES string of the molecule is CC(C(=O)NC1(c2cccc3ccccc23)CC1)N1CCOCC1. The Morgan fingerprint density at radius 2 is 1.83 bits per heavy atom. The van der Waals surface area contributed by atoms with Gasteiger partial charge in [-0.25, -0.2) is 0 Å². The van der Waals surface area contributed by atoms with Crippen LogP contribution in [0.5, 0.6) is 0 Å². The third kappa shape index (κ3) is 2.80. The van der Waals surface area contributed by atoms with Gasteiger partial charge in [0, 0.05) is 13.1 Å². The fraction of sp³-hybridized carbons (Fsp3) is 0.450. The summed E-state index contributed by atoms with van der Waals surface area (Å²) in [5.74, 6) is 0.127. The number of nitrogens with one attached hydrogen (secondary N) is 1. The number of benzene rings is 2. The number of carbonyl (C=O) groups excluding carboxylic acids is 1. The van der Waals surface area contributed by atoms with Gasteiger partial charge in [0.05, 0.1) is 24.8 Å². The van der Waals surface area contributed by atoms with Crippen LogP contribution < -0.4 is 5.32 Å². The smallest absolute Gasteiger partial charge is 0.237 e. The summed E-state index contributed by atoms with van der Waals surface area (Å²) >= 11 is 0. The quantitative estimate of drug-likeness (QED) is 0.940. The van der Waals surface area contributed by atoms with E-state index in [2.05, 4.69) is 52.7 Å².